The summed E-state index contributed by atoms with van der Waals surface area (Å²) in [4.78, 5) is 4.58. The molecule has 2 aliphatic heterocycles. The molecule has 0 spiro atoms. The van der Waals surface area contributed by atoms with Crippen LogP contribution in [-0.4, -0.2) is 42.7 Å². The van der Waals surface area contributed by atoms with Crippen LogP contribution in [0.3, 0.4) is 0 Å². The monoisotopic (exact) mass is 202 g/mol. The summed E-state index contributed by atoms with van der Waals surface area (Å²) < 4.78 is 5.13. The van der Waals surface area contributed by atoms with E-state index >= 15 is 0 Å². The topological polar surface area (TPSA) is 15.7 Å². The van der Waals surface area contributed by atoms with Gasteiger partial charge in [-0.3, -0.25) is 0 Å². The van der Waals surface area contributed by atoms with Gasteiger partial charge in [-0.25, -0.2) is 0 Å². The summed E-state index contributed by atoms with van der Waals surface area (Å²) in [5, 5.41) is 0.520. The molecule has 1 fully saturated rings. The molecule has 74 valence electrons. The van der Waals surface area contributed by atoms with Gasteiger partial charge in [0.1, 0.15) is 0 Å². The van der Waals surface area contributed by atoms with Crippen LogP contribution in [0.4, 0.5) is 0 Å². The van der Waals surface area contributed by atoms with Crippen molar-refractivity contribution in [3.63, 3.8) is 0 Å². The molecular formula is C9H15ClN2O. The Bertz CT molecular complexity index is 214. The van der Waals surface area contributed by atoms with Gasteiger partial charge in [-0.15, -0.1) is 0 Å². The summed E-state index contributed by atoms with van der Waals surface area (Å²) in [6.45, 7) is 7.51. The molecule has 0 aromatic carbocycles. The normalized spacial score (nSPS) is 24.2. The van der Waals surface area contributed by atoms with E-state index in [2.05, 4.69) is 16.7 Å². The van der Waals surface area contributed by atoms with Crippen molar-refractivity contribution in [2.45, 2.75) is 6.92 Å². The quantitative estimate of drug-likeness (QED) is 0.686. The Labute approximate surface area is 83.9 Å². The Morgan fingerprint density at radius 2 is 2.38 bits per heavy atom. The van der Waals surface area contributed by atoms with Gasteiger partial charge in [0.05, 0.1) is 6.20 Å². The van der Waals surface area contributed by atoms with E-state index in [1.165, 1.54) is 19.6 Å². The summed E-state index contributed by atoms with van der Waals surface area (Å²) in [5.41, 5.74) is 0. The van der Waals surface area contributed by atoms with Gasteiger partial charge in [-0.1, -0.05) is 6.92 Å². The molecule has 0 saturated carbocycles. The fraction of sp³-hybridized carbons (Fsp3) is 0.778. The minimum atomic E-state index is 0.520. The van der Waals surface area contributed by atoms with E-state index in [0.717, 1.165) is 12.5 Å². The van der Waals surface area contributed by atoms with Gasteiger partial charge in [0.2, 0.25) is 5.22 Å². The molecule has 3 nitrogen and oxygen atoms in total. The minimum absolute atomic E-state index is 0.520. The molecule has 0 aliphatic carbocycles. The maximum absolute atomic E-state index is 5.69. The fourth-order valence-electron chi connectivity index (χ4n) is 1.85. The van der Waals surface area contributed by atoms with Crippen molar-refractivity contribution < 1.29 is 4.74 Å². The average Bonchev–Trinajstić information content (AvgIpc) is 2.43. The van der Waals surface area contributed by atoms with Crippen LogP contribution in [0.1, 0.15) is 6.92 Å². The third kappa shape index (κ3) is 2.09. The largest absolute Gasteiger partial charge is 0.461 e. The third-order valence-electron chi connectivity index (χ3n) is 2.63. The van der Waals surface area contributed by atoms with E-state index in [-0.39, 0.29) is 0 Å². The minimum Gasteiger partial charge on any atom is -0.461 e. The van der Waals surface area contributed by atoms with Crippen molar-refractivity contribution in [2.75, 3.05) is 32.9 Å². The predicted octanol–water partition coefficient (Wildman–Crippen LogP) is 1.27. The molecule has 2 heterocycles. The first-order valence-corrected chi connectivity index (χ1v) is 5.12. The first kappa shape index (κ1) is 9.16. The molecule has 4 heteroatoms. The summed E-state index contributed by atoms with van der Waals surface area (Å²) in [6, 6.07) is 0. The summed E-state index contributed by atoms with van der Waals surface area (Å²) in [5.74, 6) is 0.794. The zero-order valence-electron chi connectivity index (χ0n) is 7.87. The van der Waals surface area contributed by atoms with Crippen molar-refractivity contribution in [2.24, 2.45) is 5.92 Å². The van der Waals surface area contributed by atoms with Crippen LogP contribution in [0.15, 0.2) is 11.4 Å². The maximum Gasteiger partial charge on any atom is 0.205 e. The van der Waals surface area contributed by atoms with Crippen LogP contribution >= 0.6 is 11.6 Å². The van der Waals surface area contributed by atoms with Crippen LogP contribution in [0.5, 0.6) is 0 Å². The first-order valence-electron chi connectivity index (χ1n) is 4.74. The molecule has 0 bridgehead atoms. The fourth-order valence-corrected chi connectivity index (χ4v) is 2.04. The molecule has 0 N–H and O–H groups in total. The highest BCUT2D eigenvalue weighted by Gasteiger charge is 2.27. The number of nitrogens with zero attached hydrogens (tertiary/aromatic N) is 2. The Morgan fingerprint density at radius 3 is 2.92 bits per heavy atom. The van der Waals surface area contributed by atoms with Crippen molar-refractivity contribution >= 4 is 11.6 Å². The summed E-state index contributed by atoms with van der Waals surface area (Å²) in [6.07, 6.45) is 1.89. The van der Waals surface area contributed by atoms with E-state index in [1.54, 1.807) is 0 Å². The zero-order valence-corrected chi connectivity index (χ0v) is 8.63. The van der Waals surface area contributed by atoms with Gasteiger partial charge in [-0.2, -0.15) is 0 Å². The lowest BCUT2D eigenvalue weighted by atomic mass is 10.0. The van der Waals surface area contributed by atoms with Gasteiger partial charge in [-0.05, 0) is 18.1 Å². The van der Waals surface area contributed by atoms with Crippen LogP contribution in [0, 0.1) is 5.92 Å². The number of rotatable bonds is 3. The summed E-state index contributed by atoms with van der Waals surface area (Å²) >= 11 is 5.69. The predicted molar refractivity (Wildman–Crippen MR) is 52.2 cm³/mol. The van der Waals surface area contributed by atoms with Gasteiger partial charge >= 0.3 is 0 Å². The zero-order chi connectivity index (χ0) is 9.26. The van der Waals surface area contributed by atoms with Gasteiger partial charge in [0.25, 0.3) is 0 Å². The van der Waals surface area contributed by atoms with Gasteiger partial charge in [0.15, 0.2) is 6.73 Å². The molecule has 1 saturated heterocycles. The maximum atomic E-state index is 5.69. The molecule has 0 atom stereocenters. The smallest absolute Gasteiger partial charge is 0.205 e. The average molecular weight is 203 g/mol. The molecule has 0 aromatic rings. The van der Waals surface area contributed by atoms with E-state index in [1.807, 2.05) is 6.20 Å². The molecule has 2 aliphatic rings. The molecule has 0 amide bonds. The van der Waals surface area contributed by atoms with Crippen LogP contribution in [0.2, 0.25) is 0 Å². The number of ether oxygens (including phenoxy) is 1. The molecule has 0 aromatic heterocycles. The van der Waals surface area contributed by atoms with Gasteiger partial charge in [0, 0.05) is 25.6 Å². The van der Waals surface area contributed by atoms with Crippen LogP contribution < -0.4 is 0 Å². The SMILES string of the molecule is CCN1CC(CN2C=C(Cl)OC2)C1. The molecule has 13 heavy (non-hydrogen) atoms. The lowest BCUT2D eigenvalue weighted by molar-refractivity contribution is 0.0663. The Morgan fingerprint density at radius 1 is 1.62 bits per heavy atom. The molecule has 0 unspecified atom stereocenters. The Hall–Kier alpha value is -0.410. The second-order valence-electron chi connectivity index (χ2n) is 3.70. The van der Waals surface area contributed by atoms with Crippen molar-refractivity contribution in [1.82, 2.24) is 9.80 Å². The molecule has 2 rings (SSSR count). The number of halogens is 1. The Kier molecular flexibility index (Phi) is 2.65. The molecular weight excluding hydrogens is 188 g/mol. The first-order chi connectivity index (χ1) is 6.28. The second-order valence-corrected chi connectivity index (χ2v) is 4.07. The van der Waals surface area contributed by atoms with E-state index in [9.17, 15) is 0 Å². The molecule has 0 radical (unpaired) electrons. The third-order valence-corrected chi connectivity index (χ3v) is 2.83. The second kappa shape index (κ2) is 3.76. The Balaban J connectivity index is 1.69. The number of likely N-dealkylation sites (tertiary alicyclic amines) is 1. The number of hydrogen-bond acceptors (Lipinski definition) is 3. The highest BCUT2D eigenvalue weighted by atomic mass is 35.5. The lowest BCUT2D eigenvalue weighted by Crippen LogP contribution is -2.50. The van der Waals surface area contributed by atoms with Crippen molar-refractivity contribution in [3.05, 3.63) is 11.4 Å². The van der Waals surface area contributed by atoms with Crippen LogP contribution in [-0.2, 0) is 4.74 Å². The highest BCUT2D eigenvalue weighted by Crippen LogP contribution is 2.20. The summed E-state index contributed by atoms with van der Waals surface area (Å²) in [7, 11) is 0. The van der Waals surface area contributed by atoms with Crippen molar-refractivity contribution in [3.8, 4) is 0 Å². The highest BCUT2D eigenvalue weighted by molar-refractivity contribution is 6.28. The van der Waals surface area contributed by atoms with E-state index < -0.39 is 0 Å². The standard InChI is InChI=1S/C9H15ClN2O/c1-2-11-3-8(4-11)5-12-6-9(10)13-7-12/h6,8H,2-5,7H2,1H3. The number of hydrogen-bond donors (Lipinski definition) is 0. The van der Waals surface area contributed by atoms with Gasteiger partial charge < -0.3 is 14.5 Å². The van der Waals surface area contributed by atoms with Crippen LogP contribution in [0.25, 0.3) is 0 Å². The van der Waals surface area contributed by atoms with Crippen molar-refractivity contribution in [1.29, 1.82) is 0 Å². The van der Waals surface area contributed by atoms with E-state index in [4.69, 9.17) is 16.3 Å². The van der Waals surface area contributed by atoms with E-state index in [0.29, 0.717) is 11.9 Å². The lowest BCUT2D eigenvalue weighted by Gasteiger charge is -2.40.